The summed E-state index contributed by atoms with van der Waals surface area (Å²) in [6.45, 7) is 1.92. The normalized spacial score (nSPS) is 10.3. The molecule has 2 aromatic rings. The van der Waals surface area contributed by atoms with E-state index in [-0.39, 0.29) is 10.9 Å². The molecule has 0 bridgehead atoms. The number of nitrogens with two attached hydrogens (primary N) is 1. The van der Waals surface area contributed by atoms with E-state index in [0.717, 1.165) is 5.56 Å². The van der Waals surface area contributed by atoms with Crippen LogP contribution in [0.15, 0.2) is 36.4 Å². The van der Waals surface area contributed by atoms with Gasteiger partial charge in [-0.2, -0.15) is 0 Å². The Kier molecular flexibility index (Phi) is 3.98. The summed E-state index contributed by atoms with van der Waals surface area (Å²) in [5, 5.41) is 3.30. The van der Waals surface area contributed by atoms with Gasteiger partial charge in [0.2, 0.25) is 0 Å². The van der Waals surface area contributed by atoms with Crippen LogP contribution in [0.2, 0.25) is 10.0 Å². The molecule has 98 valence electrons. The van der Waals surface area contributed by atoms with E-state index in [1.54, 1.807) is 30.3 Å². The number of hydrogen-bond acceptors (Lipinski definition) is 2. The van der Waals surface area contributed by atoms with Crippen LogP contribution in [0.5, 0.6) is 0 Å². The molecule has 0 atom stereocenters. The summed E-state index contributed by atoms with van der Waals surface area (Å²) in [5.74, 6) is -0.343. The molecule has 2 rings (SSSR count). The van der Waals surface area contributed by atoms with E-state index >= 15 is 0 Å². The van der Waals surface area contributed by atoms with Crippen molar-refractivity contribution in [3.05, 3.63) is 57.6 Å². The molecule has 3 nitrogen and oxygen atoms in total. The highest BCUT2D eigenvalue weighted by Gasteiger charge is 2.13. The zero-order valence-corrected chi connectivity index (χ0v) is 11.7. The first-order valence-corrected chi connectivity index (χ1v) is 6.36. The van der Waals surface area contributed by atoms with E-state index in [9.17, 15) is 4.79 Å². The second kappa shape index (κ2) is 5.51. The number of nitrogen functional groups attached to an aromatic ring is 1. The van der Waals surface area contributed by atoms with Crippen LogP contribution in [0, 0.1) is 6.92 Å². The van der Waals surface area contributed by atoms with E-state index < -0.39 is 0 Å². The molecule has 0 heterocycles. The molecule has 2 aromatic carbocycles. The van der Waals surface area contributed by atoms with Gasteiger partial charge in [0.05, 0.1) is 27.0 Å². The van der Waals surface area contributed by atoms with Crippen LogP contribution in [0.4, 0.5) is 11.4 Å². The fourth-order valence-corrected chi connectivity index (χ4v) is 2.03. The maximum absolute atomic E-state index is 12.1. The summed E-state index contributed by atoms with van der Waals surface area (Å²) < 4.78 is 0. The predicted octanol–water partition coefficient (Wildman–Crippen LogP) is 4.14. The zero-order chi connectivity index (χ0) is 14.0. The number of anilines is 2. The molecule has 0 aromatic heterocycles. The molecule has 0 aliphatic rings. The second-order valence-electron chi connectivity index (χ2n) is 4.15. The zero-order valence-electron chi connectivity index (χ0n) is 10.2. The third-order valence-corrected chi connectivity index (χ3v) is 3.47. The van der Waals surface area contributed by atoms with Crippen molar-refractivity contribution < 1.29 is 4.79 Å². The molecule has 0 saturated heterocycles. The molecule has 0 unspecified atom stereocenters. The Bertz CT molecular complexity index is 641. The average Bonchev–Trinajstić information content (AvgIpc) is 2.37. The summed E-state index contributed by atoms with van der Waals surface area (Å²) in [4.78, 5) is 12.1. The van der Waals surface area contributed by atoms with Gasteiger partial charge in [-0.15, -0.1) is 0 Å². The Balaban J connectivity index is 2.31. The fraction of sp³-hybridized carbons (Fsp3) is 0.0714. The third kappa shape index (κ3) is 3.00. The third-order valence-electron chi connectivity index (χ3n) is 2.65. The van der Waals surface area contributed by atoms with Gasteiger partial charge >= 0.3 is 0 Å². The molecular formula is C14H12Cl2N2O. The van der Waals surface area contributed by atoms with Gasteiger partial charge in [-0.3, -0.25) is 4.79 Å². The summed E-state index contributed by atoms with van der Waals surface area (Å²) in [5.41, 5.74) is 8.18. The van der Waals surface area contributed by atoms with Crippen LogP contribution < -0.4 is 11.1 Å². The predicted molar refractivity (Wildman–Crippen MR) is 80.0 cm³/mol. The molecular weight excluding hydrogens is 283 g/mol. The molecule has 0 aliphatic heterocycles. The van der Waals surface area contributed by atoms with Gasteiger partial charge in [-0.25, -0.2) is 0 Å². The molecule has 1 amide bonds. The van der Waals surface area contributed by atoms with Crippen molar-refractivity contribution in [3.63, 3.8) is 0 Å². The minimum Gasteiger partial charge on any atom is -0.397 e. The highest BCUT2D eigenvalue weighted by atomic mass is 35.5. The Labute approximate surface area is 121 Å². The number of carbonyl (C=O) groups excluding carboxylic acids is 1. The van der Waals surface area contributed by atoms with Crippen LogP contribution >= 0.6 is 23.2 Å². The van der Waals surface area contributed by atoms with Crippen molar-refractivity contribution in [2.75, 3.05) is 11.1 Å². The first-order chi connectivity index (χ1) is 8.99. The Morgan fingerprint density at radius 2 is 1.95 bits per heavy atom. The van der Waals surface area contributed by atoms with Crippen molar-refractivity contribution in [2.45, 2.75) is 6.92 Å². The van der Waals surface area contributed by atoms with Gasteiger partial charge in [0.1, 0.15) is 0 Å². The number of aryl methyl sites for hydroxylation is 1. The summed E-state index contributed by atoms with van der Waals surface area (Å²) in [7, 11) is 0. The Morgan fingerprint density at radius 1 is 1.21 bits per heavy atom. The van der Waals surface area contributed by atoms with Gasteiger partial charge in [-0.1, -0.05) is 35.3 Å². The van der Waals surface area contributed by atoms with E-state index in [0.29, 0.717) is 22.0 Å². The molecule has 3 N–H and O–H groups in total. The maximum Gasteiger partial charge on any atom is 0.257 e. The van der Waals surface area contributed by atoms with Crippen LogP contribution in [0.25, 0.3) is 0 Å². The molecule has 0 saturated carbocycles. The number of hydrogen-bond donors (Lipinski definition) is 2. The summed E-state index contributed by atoms with van der Waals surface area (Å²) >= 11 is 11.9. The number of carbonyl (C=O) groups is 1. The summed E-state index contributed by atoms with van der Waals surface area (Å²) in [6, 6.07) is 10.3. The topological polar surface area (TPSA) is 55.1 Å². The standard InChI is InChI=1S/C14H12Cl2N2O/c1-8-5-6-11(17)12(7-8)18-14(19)9-3-2-4-10(15)13(9)16/h2-7H,17H2,1H3,(H,18,19). The van der Waals surface area contributed by atoms with Crippen molar-refractivity contribution in [1.29, 1.82) is 0 Å². The van der Waals surface area contributed by atoms with E-state index in [1.165, 1.54) is 0 Å². The van der Waals surface area contributed by atoms with Gasteiger partial charge in [0.25, 0.3) is 5.91 Å². The van der Waals surface area contributed by atoms with Gasteiger partial charge in [0, 0.05) is 0 Å². The monoisotopic (exact) mass is 294 g/mol. The number of rotatable bonds is 2. The van der Waals surface area contributed by atoms with Gasteiger partial charge in [-0.05, 0) is 36.8 Å². The van der Waals surface area contributed by atoms with E-state index in [1.807, 2.05) is 13.0 Å². The van der Waals surface area contributed by atoms with E-state index in [2.05, 4.69) is 5.32 Å². The molecule has 0 radical (unpaired) electrons. The quantitative estimate of drug-likeness (QED) is 0.818. The minimum atomic E-state index is -0.343. The smallest absolute Gasteiger partial charge is 0.257 e. The van der Waals surface area contributed by atoms with Crippen LogP contribution in [0.3, 0.4) is 0 Å². The fourth-order valence-electron chi connectivity index (χ4n) is 1.65. The number of halogens is 2. The number of nitrogens with one attached hydrogen (secondary N) is 1. The van der Waals surface area contributed by atoms with Crippen LogP contribution in [0.1, 0.15) is 15.9 Å². The van der Waals surface area contributed by atoms with Gasteiger partial charge in [0.15, 0.2) is 0 Å². The lowest BCUT2D eigenvalue weighted by molar-refractivity contribution is 0.102. The molecule has 0 fully saturated rings. The molecule has 19 heavy (non-hydrogen) atoms. The second-order valence-corrected chi connectivity index (χ2v) is 4.93. The molecule has 0 aliphatic carbocycles. The number of benzene rings is 2. The number of amides is 1. The summed E-state index contributed by atoms with van der Waals surface area (Å²) in [6.07, 6.45) is 0. The van der Waals surface area contributed by atoms with Crippen molar-refractivity contribution in [1.82, 2.24) is 0 Å². The van der Waals surface area contributed by atoms with Crippen molar-refractivity contribution in [3.8, 4) is 0 Å². The highest BCUT2D eigenvalue weighted by molar-refractivity contribution is 6.44. The Morgan fingerprint density at radius 3 is 2.68 bits per heavy atom. The van der Waals surface area contributed by atoms with Crippen LogP contribution in [-0.2, 0) is 0 Å². The first-order valence-electron chi connectivity index (χ1n) is 5.60. The lowest BCUT2D eigenvalue weighted by Gasteiger charge is -2.10. The first kappa shape index (κ1) is 13.7. The highest BCUT2D eigenvalue weighted by Crippen LogP contribution is 2.27. The van der Waals surface area contributed by atoms with Crippen LogP contribution in [-0.4, -0.2) is 5.91 Å². The largest absolute Gasteiger partial charge is 0.397 e. The lowest BCUT2D eigenvalue weighted by Crippen LogP contribution is -2.14. The Hall–Kier alpha value is -1.71. The maximum atomic E-state index is 12.1. The van der Waals surface area contributed by atoms with E-state index in [4.69, 9.17) is 28.9 Å². The SMILES string of the molecule is Cc1ccc(N)c(NC(=O)c2cccc(Cl)c2Cl)c1. The lowest BCUT2D eigenvalue weighted by atomic mass is 10.1. The molecule has 5 heteroatoms. The van der Waals surface area contributed by atoms with Gasteiger partial charge < -0.3 is 11.1 Å². The van der Waals surface area contributed by atoms with Crippen molar-refractivity contribution in [2.24, 2.45) is 0 Å². The average molecular weight is 295 g/mol. The van der Waals surface area contributed by atoms with Crippen molar-refractivity contribution >= 4 is 40.5 Å². The minimum absolute atomic E-state index is 0.230. The molecule has 0 spiro atoms.